The molecule has 14 nitrogen and oxygen atoms in total. The van der Waals surface area contributed by atoms with E-state index in [-0.39, 0.29) is 30.1 Å². The van der Waals surface area contributed by atoms with Gasteiger partial charge in [-0.3, -0.25) is 19.1 Å². The molecule has 2 aliphatic rings. The van der Waals surface area contributed by atoms with Crippen LogP contribution in [-0.4, -0.2) is 95.1 Å². The highest BCUT2D eigenvalue weighted by atomic mass is 16.6. The number of aliphatic carboxylic acids is 1. The van der Waals surface area contributed by atoms with Crippen LogP contribution < -0.4 is 15.0 Å². The Morgan fingerprint density at radius 1 is 0.981 bits per heavy atom. The van der Waals surface area contributed by atoms with Crippen LogP contribution in [0.25, 0.3) is 11.2 Å². The summed E-state index contributed by atoms with van der Waals surface area (Å²) < 4.78 is 32.4. The predicted octanol–water partition coefficient (Wildman–Crippen LogP) is 4.90. The van der Waals surface area contributed by atoms with Crippen LogP contribution in [0.15, 0.2) is 95.0 Å². The molecular formula is C39H42N6O8. The summed E-state index contributed by atoms with van der Waals surface area (Å²) in [4.78, 5) is 43.9. The number of aliphatic imine (C=N–C) groups is 1. The zero-order chi connectivity index (χ0) is 37.1. The average molecular weight is 723 g/mol. The molecule has 2 N–H and O–H groups in total. The van der Waals surface area contributed by atoms with Crippen molar-refractivity contribution in [1.82, 2.24) is 24.4 Å². The molecule has 53 heavy (non-hydrogen) atoms. The number of likely N-dealkylation sites (tertiary alicyclic amines) is 1. The Morgan fingerprint density at radius 3 is 2.19 bits per heavy atom. The lowest BCUT2D eigenvalue weighted by molar-refractivity contribution is -0.140. The van der Waals surface area contributed by atoms with E-state index in [9.17, 15) is 14.7 Å². The second kappa shape index (κ2) is 15.2. The maximum Gasteiger partial charge on any atom is 0.303 e. The molecule has 2 fully saturated rings. The predicted molar refractivity (Wildman–Crippen MR) is 196 cm³/mol. The first-order valence-electron chi connectivity index (χ1n) is 17.4. The van der Waals surface area contributed by atoms with Crippen LogP contribution in [0.2, 0.25) is 0 Å². The van der Waals surface area contributed by atoms with Gasteiger partial charge in [-0.1, -0.05) is 54.6 Å². The summed E-state index contributed by atoms with van der Waals surface area (Å²) in [5.41, 5.74) is 1.19. The summed E-state index contributed by atoms with van der Waals surface area (Å²) in [5, 5.41) is 10.1. The highest BCUT2D eigenvalue weighted by molar-refractivity contribution is 5.86. The van der Waals surface area contributed by atoms with Gasteiger partial charge in [-0.05, 0) is 47.4 Å². The first kappa shape index (κ1) is 35.8. The highest BCUT2D eigenvalue weighted by Gasteiger charge is 2.49. The number of rotatable bonds is 13. The van der Waals surface area contributed by atoms with E-state index in [4.69, 9.17) is 23.7 Å². The Kier molecular flexibility index (Phi) is 10.3. The Bertz CT molecular complexity index is 2090. The molecule has 0 amide bonds. The number of fused-ring (bicyclic) bond motifs is 1. The number of aromatic nitrogens is 4. The van der Waals surface area contributed by atoms with Gasteiger partial charge in [0.1, 0.15) is 29.0 Å². The van der Waals surface area contributed by atoms with Gasteiger partial charge in [-0.2, -0.15) is 9.98 Å². The number of ether oxygens (including phenoxy) is 5. The molecule has 0 saturated carbocycles. The van der Waals surface area contributed by atoms with Crippen LogP contribution in [0, 0.1) is 5.92 Å². The molecule has 0 bridgehead atoms. The zero-order valence-corrected chi connectivity index (χ0v) is 30.0. The maximum absolute atomic E-state index is 13.2. The maximum atomic E-state index is 13.2. The Morgan fingerprint density at radius 2 is 1.62 bits per heavy atom. The number of H-pyrrole nitrogens is 1. The normalized spacial score (nSPS) is 21.1. The van der Waals surface area contributed by atoms with Gasteiger partial charge in [0.25, 0.3) is 5.56 Å². The molecule has 2 aromatic heterocycles. The second-order valence-corrected chi connectivity index (χ2v) is 13.1. The molecule has 2 aliphatic heterocycles. The van der Waals surface area contributed by atoms with Gasteiger partial charge in [0.05, 0.1) is 39.7 Å². The van der Waals surface area contributed by atoms with E-state index < -0.39 is 41.5 Å². The number of carboxylic acid groups (broad SMARTS) is 1. The standard InChI is InChI=1S/C39H42N6O8/c1-44-20-8-11-31(44)41-38-42-35-33(36(48)43-38)40-23-45(35)37-34(51-4)29(21-32(46)47)30(53-37)22-52-39(24-9-6-5-7-10-24,25-12-16-27(49-2)17-13-25)26-14-18-28(50-3)19-15-26/h5-7,9-10,12-19,23,29-30,34,37H,8,11,20-22H2,1-4H3,(H,46,47)(H,42,43,48)/b41-31-/t29-,30-,34-,37-/m1/s1. The van der Waals surface area contributed by atoms with Crippen molar-refractivity contribution in [2.24, 2.45) is 10.9 Å². The molecular weight excluding hydrogens is 680 g/mol. The number of hydrogen-bond acceptors (Lipinski definition) is 10. The molecule has 7 rings (SSSR count). The lowest BCUT2D eigenvalue weighted by Gasteiger charge is -2.37. The SMILES string of the molecule is COc1ccc(C(OC[C@H]2O[C@@H](n3cnc4c(=O)[nH]c(/N=C5/CCCN5C)nc43)[C@H](OC)[C@@H]2CC(=O)O)(c2ccccc2)c2ccc(OC)cc2)cc1. The number of nitrogens with one attached hydrogen (secondary N) is 1. The van der Waals surface area contributed by atoms with Gasteiger partial charge in [-0.15, -0.1) is 0 Å². The third-order valence-electron chi connectivity index (χ3n) is 10.1. The Hall–Kier alpha value is -5.57. The van der Waals surface area contributed by atoms with Crippen molar-refractivity contribution >= 4 is 28.9 Å². The van der Waals surface area contributed by atoms with E-state index in [2.05, 4.69) is 19.9 Å². The summed E-state index contributed by atoms with van der Waals surface area (Å²) in [7, 11) is 6.68. The summed E-state index contributed by atoms with van der Waals surface area (Å²) in [6, 6.07) is 25.1. The molecule has 0 spiro atoms. The van der Waals surface area contributed by atoms with Crippen molar-refractivity contribution < 1.29 is 33.6 Å². The van der Waals surface area contributed by atoms with Crippen LogP contribution in [0.3, 0.4) is 0 Å². The third kappa shape index (κ3) is 6.88. The summed E-state index contributed by atoms with van der Waals surface area (Å²) >= 11 is 0. The fourth-order valence-electron chi connectivity index (χ4n) is 7.40. The number of nitrogens with zero attached hydrogens (tertiary/aromatic N) is 5. The summed E-state index contributed by atoms with van der Waals surface area (Å²) in [6.07, 6.45) is 0.506. The highest BCUT2D eigenvalue weighted by Crippen LogP contribution is 2.45. The third-order valence-corrected chi connectivity index (χ3v) is 10.1. The Labute approximate surface area is 306 Å². The summed E-state index contributed by atoms with van der Waals surface area (Å²) in [6.45, 7) is 0.832. The molecule has 276 valence electrons. The fraction of sp³-hybridized carbons (Fsp3) is 0.359. The van der Waals surface area contributed by atoms with Gasteiger partial charge < -0.3 is 33.7 Å². The summed E-state index contributed by atoms with van der Waals surface area (Å²) in [5.74, 6) is 0.653. The lowest BCUT2D eigenvalue weighted by Crippen LogP contribution is -2.38. The number of carboxylic acids is 1. The topological polar surface area (TPSA) is 163 Å². The van der Waals surface area contributed by atoms with E-state index in [0.717, 1.165) is 41.9 Å². The number of methoxy groups -OCH3 is 3. The monoisotopic (exact) mass is 722 g/mol. The van der Waals surface area contributed by atoms with Crippen LogP contribution in [-0.2, 0) is 24.6 Å². The first-order valence-corrected chi connectivity index (χ1v) is 17.4. The van der Waals surface area contributed by atoms with E-state index >= 15 is 0 Å². The van der Waals surface area contributed by atoms with Gasteiger partial charge in [-0.25, -0.2) is 4.98 Å². The zero-order valence-electron chi connectivity index (χ0n) is 30.0. The van der Waals surface area contributed by atoms with Crippen LogP contribution in [0.5, 0.6) is 11.5 Å². The lowest BCUT2D eigenvalue weighted by atomic mass is 9.80. The number of imidazole rings is 1. The van der Waals surface area contributed by atoms with Crippen LogP contribution in [0.1, 0.15) is 42.2 Å². The van der Waals surface area contributed by atoms with Crippen molar-refractivity contribution in [3.63, 3.8) is 0 Å². The molecule has 14 heteroatoms. The van der Waals surface area contributed by atoms with Gasteiger partial charge in [0, 0.05) is 33.0 Å². The minimum atomic E-state index is -1.17. The quantitative estimate of drug-likeness (QED) is 0.159. The molecule has 2 saturated heterocycles. The Balaban J connectivity index is 1.30. The largest absolute Gasteiger partial charge is 0.497 e. The number of amidine groups is 1. The molecule has 0 radical (unpaired) electrons. The number of aromatic amines is 1. The molecule has 3 aromatic carbocycles. The van der Waals surface area contributed by atoms with Gasteiger partial charge in [0.15, 0.2) is 17.4 Å². The average Bonchev–Trinajstić information content (AvgIpc) is 3.89. The van der Waals surface area contributed by atoms with Crippen molar-refractivity contribution in [3.8, 4) is 11.5 Å². The van der Waals surface area contributed by atoms with E-state index in [1.165, 1.54) is 13.4 Å². The molecule has 0 aliphatic carbocycles. The first-order chi connectivity index (χ1) is 25.7. The van der Waals surface area contributed by atoms with Crippen molar-refractivity contribution in [1.29, 1.82) is 0 Å². The van der Waals surface area contributed by atoms with Crippen molar-refractivity contribution in [3.05, 3.63) is 112 Å². The number of carbonyl (C=O) groups is 1. The molecule has 0 unspecified atom stereocenters. The van der Waals surface area contributed by atoms with Crippen LogP contribution >= 0.6 is 0 Å². The molecule has 4 atom stereocenters. The van der Waals surface area contributed by atoms with Crippen LogP contribution in [0.4, 0.5) is 5.95 Å². The molecule has 4 heterocycles. The van der Waals surface area contributed by atoms with Crippen molar-refractivity contribution in [2.45, 2.75) is 43.3 Å². The van der Waals surface area contributed by atoms with E-state index in [1.807, 2.05) is 90.8 Å². The van der Waals surface area contributed by atoms with Crippen molar-refractivity contribution in [2.75, 3.05) is 41.5 Å². The second-order valence-electron chi connectivity index (χ2n) is 13.1. The van der Waals surface area contributed by atoms with Gasteiger partial charge in [0.2, 0.25) is 5.95 Å². The smallest absolute Gasteiger partial charge is 0.303 e. The minimum absolute atomic E-state index is 0.0346. The number of hydrogen-bond donors (Lipinski definition) is 2. The van der Waals surface area contributed by atoms with Gasteiger partial charge >= 0.3 is 5.97 Å². The minimum Gasteiger partial charge on any atom is -0.497 e. The fourth-order valence-corrected chi connectivity index (χ4v) is 7.40. The number of benzene rings is 3. The van der Waals surface area contributed by atoms with E-state index in [0.29, 0.717) is 11.5 Å². The van der Waals surface area contributed by atoms with E-state index in [1.54, 1.807) is 18.8 Å². The molecule has 5 aromatic rings.